The molecule has 0 saturated heterocycles. The lowest BCUT2D eigenvalue weighted by atomic mass is 10.2. The number of thioether (sulfide) groups is 1. The lowest BCUT2D eigenvalue weighted by Gasteiger charge is -2.10. The Hall–Kier alpha value is -3.67. The molecule has 3 rings (SSSR count). The third kappa shape index (κ3) is 5.94. The largest absolute Gasteiger partial charge is 0.467 e. The van der Waals surface area contributed by atoms with Crippen LogP contribution in [-0.2, 0) is 27.3 Å². The van der Waals surface area contributed by atoms with Crippen LogP contribution in [0.4, 0.5) is 11.4 Å². The SMILES string of the molecule is CCOC(=O)Cc1nnc(SCC(=O)Nc2cc([N+](=O)[O-])ccc2C)n1Cc1ccco1. The summed E-state index contributed by atoms with van der Waals surface area (Å²) in [5.41, 5.74) is 0.955. The van der Waals surface area contributed by atoms with Crippen LogP contribution in [0.2, 0.25) is 0 Å². The van der Waals surface area contributed by atoms with E-state index < -0.39 is 10.9 Å². The quantitative estimate of drug-likeness (QED) is 0.209. The first kappa shape index (κ1) is 23.0. The van der Waals surface area contributed by atoms with Crippen LogP contribution >= 0.6 is 11.8 Å². The molecule has 12 heteroatoms. The molecule has 0 spiro atoms. The van der Waals surface area contributed by atoms with Gasteiger partial charge in [0.2, 0.25) is 5.91 Å². The zero-order valence-electron chi connectivity index (χ0n) is 17.4. The molecular formula is C20H21N5O6S. The fraction of sp³-hybridized carbons (Fsp3) is 0.300. The minimum atomic E-state index is -0.522. The molecule has 2 heterocycles. The van der Waals surface area contributed by atoms with E-state index in [-0.39, 0.29) is 36.9 Å². The van der Waals surface area contributed by atoms with Crippen LogP contribution in [0.1, 0.15) is 24.1 Å². The molecule has 0 unspecified atom stereocenters. The van der Waals surface area contributed by atoms with E-state index in [0.717, 1.165) is 11.8 Å². The average Bonchev–Trinajstić information content (AvgIpc) is 3.39. The molecule has 1 aromatic carbocycles. The van der Waals surface area contributed by atoms with E-state index in [4.69, 9.17) is 9.15 Å². The fourth-order valence-corrected chi connectivity index (χ4v) is 3.55. The van der Waals surface area contributed by atoms with E-state index in [9.17, 15) is 19.7 Å². The second kappa shape index (κ2) is 10.6. The van der Waals surface area contributed by atoms with Crippen LogP contribution in [0, 0.1) is 17.0 Å². The van der Waals surface area contributed by atoms with Crippen molar-refractivity contribution >= 4 is 35.0 Å². The molecule has 168 valence electrons. The lowest BCUT2D eigenvalue weighted by Crippen LogP contribution is -2.16. The number of non-ortho nitro benzene ring substituents is 1. The molecule has 0 fully saturated rings. The van der Waals surface area contributed by atoms with Gasteiger partial charge in [0.1, 0.15) is 18.0 Å². The lowest BCUT2D eigenvalue weighted by molar-refractivity contribution is -0.384. The van der Waals surface area contributed by atoms with Crippen LogP contribution in [-0.4, -0.2) is 43.9 Å². The summed E-state index contributed by atoms with van der Waals surface area (Å²) in [5, 5.41) is 22.3. The summed E-state index contributed by atoms with van der Waals surface area (Å²) in [4.78, 5) is 34.8. The number of esters is 1. The molecule has 0 atom stereocenters. The van der Waals surface area contributed by atoms with Crippen LogP contribution in [0.5, 0.6) is 0 Å². The molecule has 32 heavy (non-hydrogen) atoms. The van der Waals surface area contributed by atoms with Crippen molar-refractivity contribution < 1.29 is 23.7 Å². The van der Waals surface area contributed by atoms with Crippen LogP contribution in [0.3, 0.4) is 0 Å². The molecule has 11 nitrogen and oxygen atoms in total. The number of benzene rings is 1. The maximum atomic E-state index is 12.5. The molecule has 1 amide bonds. The average molecular weight is 459 g/mol. The zero-order valence-corrected chi connectivity index (χ0v) is 18.3. The Bertz CT molecular complexity index is 1110. The summed E-state index contributed by atoms with van der Waals surface area (Å²) in [7, 11) is 0. The molecule has 1 N–H and O–H groups in total. The van der Waals surface area contributed by atoms with Crippen LogP contribution in [0.15, 0.2) is 46.2 Å². The van der Waals surface area contributed by atoms with Crippen molar-refractivity contribution in [1.29, 1.82) is 0 Å². The highest BCUT2D eigenvalue weighted by Gasteiger charge is 2.19. The highest BCUT2D eigenvalue weighted by molar-refractivity contribution is 7.99. The van der Waals surface area contributed by atoms with Gasteiger partial charge in [0.15, 0.2) is 5.16 Å². The Morgan fingerprint density at radius 2 is 2.12 bits per heavy atom. The number of nitro benzene ring substituents is 1. The Labute approximate surface area is 187 Å². The fourth-order valence-electron chi connectivity index (χ4n) is 2.79. The number of ether oxygens (including phenoxy) is 1. The van der Waals surface area contributed by atoms with E-state index in [1.165, 1.54) is 18.4 Å². The Balaban J connectivity index is 1.71. The van der Waals surface area contributed by atoms with Crippen molar-refractivity contribution in [2.45, 2.75) is 32.0 Å². The number of hydrogen-bond acceptors (Lipinski definition) is 9. The normalized spacial score (nSPS) is 10.7. The number of carbonyl (C=O) groups is 2. The van der Waals surface area contributed by atoms with E-state index in [2.05, 4.69) is 15.5 Å². The predicted molar refractivity (Wildman–Crippen MR) is 115 cm³/mol. The summed E-state index contributed by atoms with van der Waals surface area (Å²) in [6.45, 7) is 4.00. The Morgan fingerprint density at radius 1 is 1.31 bits per heavy atom. The van der Waals surface area contributed by atoms with Crippen molar-refractivity contribution in [1.82, 2.24) is 14.8 Å². The smallest absolute Gasteiger partial charge is 0.313 e. The van der Waals surface area contributed by atoms with Gasteiger partial charge >= 0.3 is 5.97 Å². The monoisotopic (exact) mass is 459 g/mol. The summed E-state index contributed by atoms with van der Waals surface area (Å²) < 4.78 is 12.1. The molecule has 0 saturated carbocycles. The summed E-state index contributed by atoms with van der Waals surface area (Å²) in [6, 6.07) is 7.78. The van der Waals surface area contributed by atoms with Crippen molar-refractivity contribution in [3.05, 3.63) is 63.9 Å². The van der Waals surface area contributed by atoms with Gasteiger partial charge < -0.3 is 14.5 Å². The summed E-state index contributed by atoms with van der Waals surface area (Å²) in [5.74, 6) is 0.206. The van der Waals surface area contributed by atoms with Gasteiger partial charge in [0.25, 0.3) is 5.69 Å². The second-order valence-electron chi connectivity index (χ2n) is 6.64. The number of furan rings is 1. The number of rotatable bonds is 10. The first-order valence-electron chi connectivity index (χ1n) is 9.65. The van der Waals surface area contributed by atoms with Crippen molar-refractivity contribution in [3.8, 4) is 0 Å². The highest BCUT2D eigenvalue weighted by Crippen LogP contribution is 2.23. The van der Waals surface area contributed by atoms with Gasteiger partial charge in [-0.2, -0.15) is 0 Å². The van der Waals surface area contributed by atoms with Gasteiger partial charge in [-0.1, -0.05) is 17.8 Å². The molecule has 0 radical (unpaired) electrons. The summed E-state index contributed by atoms with van der Waals surface area (Å²) >= 11 is 1.12. The number of carbonyl (C=O) groups excluding carboxylic acids is 2. The molecule has 3 aromatic rings. The third-order valence-corrected chi connectivity index (χ3v) is 5.30. The minimum absolute atomic E-state index is 0.0160. The first-order valence-corrected chi connectivity index (χ1v) is 10.6. The van der Waals surface area contributed by atoms with Crippen molar-refractivity contribution in [2.75, 3.05) is 17.7 Å². The van der Waals surface area contributed by atoms with Gasteiger partial charge in [-0.05, 0) is 31.5 Å². The van der Waals surface area contributed by atoms with E-state index in [0.29, 0.717) is 28.0 Å². The molecule has 0 aliphatic carbocycles. The molecule has 0 aliphatic rings. The standard InChI is InChI=1S/C20H21N5O6S/c1-3-30-19(27)10-17-22-23-20(24(17)11-15-5-4-8-31-15)32-12-18(26)21-16-9-14(25(28)29)7-6-13(16)2/h4-9H,3,10-12H2,1-2H3,(H,21,26). The van der Waals surface area contributed by atoms with Gasteiger partial charge in [-0.15, -0.1) is 10.2 Å². The number of aromatic nitrogens is 3. The van der Waals surface area contributed by atoms with Crippen LogP contribution in [0.25, 0.3) is 0 Å². The maximum absolute atomic E-state index is 12.5. The number of nitro groups is 1. The minimum Gasteiger partial charge on any atom is -0.467 e. The molecule has 0 bridgehead atoms. The number of aryl methyl sites for hydroxylation is 1. The first-order chi connectivity index (χ1) is 15.4. The van der Waals surface area contributed by atoms with Gasteiger partial charge in [0.05, 0.1) is 35.8 Å². The Kier molecular flexibility index (Phi) is 7.60. The molecular weight excluding hydrogens is 438 g/mol. The van der Waals surface area contributed by atoms with Crippen molar-refractivity contribution in [3.63, 3.8) is 0 Å². The van der Waals surface area contributed by atoms with E-state index in [1.54, 1.807) is 36.6 Å². The highest BCUT2D eigenvalue weighted by atomic mass is 32.2. The number of hydrogen-bond donors (Lipinski definition) is 1. The predicted octanol–water partition coefficient (Wildman–Crippen LogP) is 2.97. The van der Waals surface area contributed by atoms with Gasteiger partial charge in [-0.3, -0.25) is 24.3 Å². The third-order valence-electron chi connectivity index (χ3n) is 4.33. The van der Waals surface area contributed by atoms with E-state index >= 15 is 0 Å². The van der Waals surface area contributed by atoms with E-state index in [1.807, 2.05) is 0 Å². The number of amides is 1. The topological polar surface area (TPSA) is 142 Å². The van der Waals surface area contributed by atoms with Crippen molar-refractivity contribution in [2.24, 2.45) is 0 Å². The molecule has 0 aliphatic heterocycles. The van der Waals surface area contributed by atoms with Gasteiger partial charge in [-0.25, -0.2) is 0 Å². The maximum Gasteiger partial charge on any atom is 0.313 e. The van der Waals surface area contributed by atoms with Gasteiger partial charge in [0, 0.05) is 12.1 Å². The Morgan fingerprint density at radius 3 is 2.81 bits per heavy atom. The summed E-state index contributed by atoms with van der Waals surface area (Å²) in [6.07, 6.45) is 1.47. The number of nitrogens with one attached hydrogen (secondary N) is 1. The zero-order chi connectivity index (χ0) is 23.1. The second-order valence-corrected chi connectivity index (χ2v) is 7.58. The number of anilines is 1. The number of nitrogens with zero attached hydrogens (tertiary/aromatic N) is 4. The molecule has 2 aromatic heterocycles. The van der Waals surface area contributed by atoms with Crippen LogP contribution < -0.4 is 5.32 Å².